The predicted molar refractivity (Wildman–Crippen MR) is 99.5 cm³/mol. The summed E-state index contributed by atoms with van der Waals surface area (Å²) in [6.07, 6.45) is -0.402. The molecule has 1 fully saturated rings. The van der Waals surface area contributed by atoms with Gasteiger partial charge in [-0.2, -0.15) is 4.98 Å². The fourth-order valence-corrected chi connectivity index (χ4v) is 3.00. The van der Waals surface area contributed by atoms with Gasteiger partial charge in [0.2, 0.25) is 0 Å². The minimum absolute atomic E-state index is 0.0987. The van der Waals surface area contributed by atoms with Crippen molar-refractivity contribution >= 4 is 12.0 Å². The Balaban J connectivity index is 1.78. The van der Waals surface area contributed by atoms with Crippen molar-refractivity contribution in [2.45, 2.75) is 13.8 Å². The Kier molecular flexibility index (Phi) is 5.72. The second kappa shape index (κ2) is 8.20. The highest BCUT2D eigenvalue weighted by atomic mass is 19.1. The highest BCUT2D eigenvalue weighted by Gasteiger charge is 2.26. The number of hydrogen-bond donors (Lipinski definition) is 1. The lowest BCUT2D eigenvalue weighted by Crippen LogP contribution is -2.51. The van der Waals surface area contributed by atoms with E-state index in [1.807, 2.05) is 0 Å². The van der Waals surface area contributed by atoms with Gasteiger partial charge in [0, 0.05) is 31.7 Å². The van der Waals surface area contributed by atoms with E-state index in [1.54, 1.807) is 24.8 Å². The number of rotatable bonds is 3. The zero-order valence-electron chi connectivity index (χ0n) is 15.7. The van der Waals surface area contributed by atoms with E-state index < -0.39 is 11.8 Å². The van der Waals surface area contributed by atoms with E-state index in [-0.39, 0.29) is 17.4 Å². The van der Waals surface area contributed by atoms with Gasteiger partial charge in [0.1, 0.15) is 11.5 Å². The number of carbonyl (C=O) groups is 2. The molecule has 2 heterocycles. The lowest BCUT2D eigenvalue weighted by Gasteiger charge is -2.33. The zero-order valence-corrected chi connectivity index (χ0v) is 15.7. The van der Waals surface area contributed by atoms with Crippen LogP contribution in [0.1, 0.15) is 23.0 Å². The van der Waals surface area contributed by atoms with Crippen molar-refractivity contribution in [1.82, 2.24) is 19.8 Å². The number of carbonyl (C=O) groups excluding carboxylic acids is 2. The second-order valence-corrected chi connectivity index (χ2v) is 6.43. The maximum absolute atomic E-state index is 13.5. The van der Waals surface area contributed by atoms with Crippen LogP contribution in [-0.4, -0.2) is 64.6 Å². The van der Waals surface area contributed by atoms with E-state index in [4.69, 9.17) is 4.74 Å². The number of ether oxygens (including phenoxy) is 1. The largest absolute Gasteiger partial charge is 0.450 e. The predicted octanol–water partition coefficient (Wildman–Crippen LogP) is 1.80. The first-order chi connectivity index (χ1) is 13.4. The molecule has 1 aliphatic rings. The van der Waals surface area contributed by atoms with Crippen LogP contribution in [0, 0.1) is 12.7 Å². The summed E-state index contributed by atoms with van der Waals surface area (Å²) < 4.78 is 18.5. The van der Waals surface area contributed by atoms with E-state index in [9.17, 15) is 18.8 Å². The molecule has 0 unspecified atom stereocenters. The molecule has 2 amide bonds. The summed E-state index contributed by atoms with van der Waals surface area (Å²) in [6, 6.07) is 5.86. The Morgan fingerprint density at radius 3 is 2.50 bits per heavy atom. The van der Waals surface area contributed by atoms with Gasteiger partial charge in [-0.15, -0.1) is 0 Å². The van der Waals surface area contributed by atoms with Crippen molar-refractivity contribution < 1.29 is 18.7 Å². The molecule has 0 aliphatic carbocycles. The number of nitrogens with one attached hydrogen (secondary N) is 1. The van der Waals surface area contributed by atoms with Gasteiger partial charge in [-0.3, -0.25) is 4.79 Å². The third-order valence-electron chi connectivity index (χ3n) is 4.52. The van der Waals surface area contributed by atoms with Gasteiger partial charge in [0.05, 0.1) is 12.3 Å². The smallest absolute Gasteiger partial charge is 0.409 e. The van der Waals surface area contributed by atoms with Gasteiger partial charge < -0.3 is 19.5 Å². The lowest BCUT2D eigenvalue weighted by atomic mass is 10.1. The van der Waals surface area contributed by atoms with Crippen LogP contribution < -0.4 is 5.69 Å². The molecule has 1 aliphatic heterocycles. The molecule has 1 saturated heterocycles. The van der Waals surface area contributed by atoms with Crippen molar-refractivity contribution in [2.75, 3.05) is 32.8 Å². The zero-order chi connectivity index (χ0) is 20.3. The summed E-state index contributed by atoms with van der Waals surface area (Å²) >= 11 is 0. The number of benzene rings is 1. The number of amides is 2. The fraction of sp³-hybridized carbons (Fsp3) is 0.368. The summed E-state index contributed by atoms with van der Waals surface area (Å²) in [5.41, 5.74) is 0.698. The third kappa shape index (κ3) is 4.19. The van der Waals surface area contributed by atoms with Gasteiger partial charge in [-0.1, -0.05) is 0 Å². The van der Waals surface area contributed by atoms with Gasteiger partial charge >= 0.3 is 11.8 Å². The summed E-state index contributed by atoms with van der Waals surface area (Å²) in [4.78, 5) is 45.9. The number of halogens is 1. The van der Waals surface area contributed by atoms with Crippen LogP contribution in [0.3, 0.4) is 0 Å². The first-order valence-corrected chi connectivity index (χ1v) is 8.98. The number of piperazine rings is 1. The highest BCUT2D eigenvalue weighted by molar-refractivity contribution is 5.93. The number of hydrogen-bond acceptors (Lipinski definition) is 5. The van der Waals surface area contributed by atoms with Gasteiger partial charge in [-0.05, 0) is 43.7 Å². The quantitative estimate of drug-likeness (QED) is 0.865. The van der Waals surface area contributed by atoms with Gasteiger partial charge in [0.25, 0.3) is 5.91 Å². The Bertz CT molecular complexity index is 951. The molecule has 0 saturated carbocycles. The van der Waals surface area contributed by atoms with Gasteiger partial charge in [0.15, 0.2) is 0 Å². The maximum atomic E-state index is 13.5. The van der Waals surface area contributed by atoms with E-state index in [1.165, 1.54) is 23.1 Å². The van der Waals surface area contributed by atoms with Crippen LogP contribution in [0.15, 0.2) is 29.1 Å². The summed E-state index contributed by atoms with van der Waals surface area (Å²) in [5, 5.41) is 0. The van der Waals surface area contributed by atoms with Crippen molar-refractivity contribution in [3.63, 3.8) is 0 Å². The third-order valence-corrected chi connectivity index (χ3v) is 4.52. The summed E-state index contributed by atoms with van der Waals surface area (Å²) in [6.45, 7) is 4.99. The minimum Gasteiger partial charge on any atom is -0.450 e. The lowest BCUT2D eigenvalue weighted by molar-refractivity contribution is 0.0565. The topological polar surface area (TPSA) is 95.6 Å². The van der Waals surface area contributed by atoms with Crippen molar-refractivity contribution in [3.8, 4) is 11.3 Å². The molecule has 1 aromatic heterocycles. The van der Waals surface area contributed by atoms with E-state index in [0.29, 0.717) is 49.6 Å². The van der Waals surface area contributed by atoms with Crippen molar-refractivity contribution in [2.24, 2.45) is 0 Å². The molecule has 2 aromatic rings. The SMILES string of the molecule is CCOC(=O)N1CCN(C(=O)c2cc(-c3ccc(F)c(C)c3)nc(=O)[nH]2)CC1. The van der Waals surface area contributed by atoms with Crippen LogP contribution in [0.5, 0.6) is 0 Å². The number of nitrogens with zero attached hydrogens (tertiary/aromatic N) is 3. The molecule has 9 heteroatoms. The first kappa shape index (κ1) is 19.5. The minimum atomic E-state index is -0.659. The monoisotopic (exact) mass is 388 g/mol. The fourth-order valence-electron chi connectivity index (χ4n) is 3.00. The molecule has 0 bridgehead atoms. The molecule has 1 N–H and O–H groups in total. The van der Waals surface area contributed by atoms with E-state index in [2.05, 4.69) is 9.97 Å². The maximum Gasteiger partial charge on any atom is 0.409 e. The number of aromatic nitrogens is 2. The number of H-pyrrole nitrogens is 1. The Hall–Kier alpha value is -3.23. The molecule has 8 nitrogen and oxygen atoms in total. The van der Waals surface area contributed by atoms with Crippen LogP contribution in [0.25, 0.3) is 11.3 Å². The molecule has 3 rings (SSSR count). The Morgan fingerprint density at radius 1 is 1.18 bits per heavy atom. The van der Waals surface area contributed by atoms with Crippen LogP contribution >= 0.6 is 0 Å². The first-order valence-electron chi connectivity index (χ1n) is 8.98. The van der Waals surface area contributed by atoms with Crippen molar-refractivity contribution in [3.05, 3.63) is 51.8 Å². The molecule has 0 spiro atoms. The molecule has 1 aromatic carbocycles. The van der Waals surface area contributed by atoms with Crippen LogP contribution in [0.2, 0.25) is 0 Å². The molecule has 0 radical (unpaired) electrons. The second-order valence-electron chi connectivity index (χ2n) is 6.43. The molecular weight excluding hydrogens is 367 g/mol. The Morgan fingerprint density at radius 2 is 1.86 bits per heavy atom. The summed E-state index contributed by atoms with van der Waals surface area (Å²) in [7, 11) is 0. The average molecular weight is 388 g/mol. The number of aryl methyl sites for hydroxylation is 1. The molecule has 0 atom stereocenters. The number of aromatic amines is 1. The van der Waals surface area contributed by atoms with E-state index >= 15 is 0 Å². The highest BCUT2D eigenvalue weighted by Crippen LogP contribution is 2.20. The Labute approximate surface area is 160 Å². The standard InChI is InChI=1S/C19H21FN4O4/c1-3-28-19(27)24-8-6-23(7-9-24)17(25)16-11-15(21-18(26)22-16)13-4-5-14(20)12(2)10-13/h4-5,10-11H,3,6-9H2,1-2H3,(H,21,22,26). The van der Waals surface area contributed by atoms with Crippen LogP contribution in [0.4, 0.5) is 9.18 Å². The molecule has 28 heavy (non-hydrogen) atoms. The normalized spacial score (nSPS) is 14.1. The summed E-state index contributed by atoms with van der Waals surface area (Å²) in [5.74, 6) is -0.715. The molecular formula is C19H21FN4O4. The van der Waals surface area contributed by atoms with Gasteiger partial charge in [-0.25, -0.2) is 14.0 Å². The van der Waals surface area contributed by atoms with Crippen molar-refractivity contribution in [1.29, 1.82) is 0 Å². The molecule has 148 valence electrons. The average Bonchev–Trinajstić information content (AvgIpc) is 2.69. The van der Waals surface area contributed by atoms with E-state index in [0.717, 1.165) is 0 Å². The van der Waals surface area contributed by atoms with Crippen LogP contribution in [-0.2, 0) is 4.74 Å².